The van der Waals surface area contributed by atoms with Crippen LogP contribution in [-0.2, 0) is 0 Å². The highest BCUT2D eigenvalue weighted by molar-refractivity contribution is 5.45. The molecule has 5 heteroatoms. The Morgan fingerprint density at radius 2 is 1.95 bits per heavy atom. The molecule has 1 heterocycles. The van der Waals surface area contributed by atoms with Gasteiger partial charge in [-0.25, -0.2) is 8.78 Å². The lowest BCUT2D eigenvalue weighted by atomic mass is 10.2. The monoisotopic (exact) mass is 269 g/mol. The van der Waals surface area contributed by atoms with Crippen molar-refractivity contribution < 1.29 is 8.78 Å². The van der Waals surface area contributed by atoms with E-state index in [1.807, 2.05) is 11.9 Å². The third-order valence-electron chi connectivity index (χ3n) is 3.52. The molecule has 1 saturated heterocycles. The molecule has 1 aromatic rings. The van der Waals surface area contributed by atoms with Gasteiger partial charge < -0.3 is 15.1 Å². The van der Waals surface area contributed by atoms with Crippen molar-refractivity contribution in [1.82, 2.24) is 10.2 Å². The highest BCUT2D eigenvalue weighted by atomic mass is 19.2. The molecule has 1 N–H and O–H groups in total. The van der Waals surface area contributed by atoms with Crippen LogP contribution < -0.4 is 10.2 Å². The van der Waals surface area contributed by atoms with E-state index in [1.165, 1.54) is 12.1 Å². The van der Waals surface area contributed by atoms with Crippen LogP contribution in [0.15, 0.2) is 18.2 Å². The number of nitrogens with zero attached hydrogens (tertiary/aromatic N) is 2. The van der Waals surface area contributed by atoms with Crippen LogP contribution in [0.2, 0.25) is 0 Å². The van der Waals surface area contributed by atoms with Gasteiger partial charge in [0, 0.05) is 51.5 Å². The van der Waals surface area contributed by atoms with E-state index < -0.39 is 11.6 Å². The molecule has 1 aliphatic heterocycles. The predicted molar refractivity (Wildman–Crippen MR) is 73.6 cm³/mol. The van der Waals surface area contributed by atoms with Gasteiger partial charge in [0.25, 0.3) is 0 Å². The van der Waals surface area contributed by atoms with Crippen molar-refractivity contribution >= 4 is 5.69 Å². The summed E-state index contributed by atoms with van der Waals surface area (Å²) in [6, 6.07) is 4.04. The Balaban J connectivity index is 1.76. The van der Waals surface area contributed by atoms with Crippen molar-refractivity contribution in [2.24, 2.45) is 0 Å². The van der Waals surface area contributed by atoms with E-state index in [-0.39, 0.29) is 0 Å². The summed E-state index contributed by atoms with van der Waals surface area (Å²) in [5.41, 5.74) is 0.721. The van der Waals surface area contributed by atoms with Crippen LogP contribution in [-0.4, -0.2) is 51.2 Å². The van der Waals surface area contributed by atoms with E-state index in [9.17, 15) is 8.78 Å². The zero-order valence-corrected chi connectivity index (χ0v) is 11.3. The molecule has 19 heavy (non-hydrogen) atoms. The minimum Gasteiger partial charge on any atom is -0.374 e. The third kappa shape index (κ3) is 4.14. The van der Waals surface area contributed by atoms with Gasteiger partial charge in [0.05, 0.1) is 0 Å². The predicted octanol–water partition coefficient (Wildman–Crippen LogP) is 1.70. The fourth-order valence-electron chi connectivity index (χ4n) is 2.32. The standard InChI is InChI=1S/C14H21F2N3/c1-18(12-3-4-13(15)14(16)11-12)7-2-8-19-9-5-17-6-10-19/h3-4,11,17H,2,5-10H2,1H3. The van der Waals surface area contributed by atoms with E-state index in [2.05, 4.69) is 10.2 Å². The number of halogens is 2. The molecule has 0 aliphatic carbocycles. The number of hydrogen-bond donors (Lipinski definition) is 1. The Kier molecular flexibility index (Phi) is 5.10. The Morgan fingerprint density at radius 3 is 2.63 bits per heavy atom. The molecule has 1 aliphatic rings. The summed E-state index contributed by atoms with van der Waals surface area (Å²) < 4.78 is 26.0. The van der Waals surface area contributed by atoms with Gasteiger partial charge in [-0.2, -0.15) is 0 Å². The van der Waals surface area contributed by atoms with E-state index >= 15 is 0 Å². The maximum atomic E-state index is 13.1. The van der Waals surface area contributed by atoms with E-state index in [1.54, 1.807) is 6.07 Å². The van der Waals surface area contributed by atoms with Gasteiger partial charge in [0.2, 0.25) is 0 Å². The van der Waals surface area contributed by atoms with Gasteiger partial charge >= 0.3 is 0 Å². The highest BCUT2D eigenvalue weighted by Crippen LogP contribution is 2.16. The van der Waals surface area contributed by atoms with Crippen molar-refractivity contribution in [3.8, 4) is 0 Å². The second kappa shape index (κ2) is 6.82. The van der Waals surface area contributed by atoms with E-state index in [0.29, 0.717) is 0 Å². The Labute approximate surface area is 113 Å². The van der Waals surface area contributed by atoms with Crippen molar-refractivity contribution in [2.45, 2.75) is 6.42 Å². The summed E-state index contributed by atoms with van der Waals surface area (Å²) in [7, 11) is 1.91. The topological polar surface area (TPSA) is 18.5 Å². The summed E-state index contributed by atoms with van der Waals surface area (Å²) >= 11 is 0. The fourth-order valence-corrected chi connectivity index (χ4v) is 2.32. The largest absolute Gasteiger partial charge is 0.374 e. The van der Waals surface area contributed by atoms with Gasteiger partial charge in [-0.15, -0.1) is 0 Å². The average Bonchev–Trinajstić information content (AvgIpc) is 2.43. The first-order valence-electron chi connectivity index (χ1n) is 6.76. The lowest BCUT2D eigenvalue weighted by Crippen LogP contribution is -2.44. The molecule has 106 valence electrons. The molecule has 1 fully saturated rings. The van der Waals surface area contributed by atoms with Gasteiger partial charge in [0.1, 0.15) is 0 Å². The summed E-state index contributed by atoms with van der Waals surface area (Å²) in [5.74, 6) is -1.58. The number of hydrogen-bond acceptors (Lipinski definition) is 3. The first kappa shape index (κ1) is 14.2. The van der Waals surface area contributed by atoms with Gasteiger partial charge in [-0.3, -0.25) is 0 Å². The quantitative estimate of drug-likeness (QED) is 0.877. The van der Waals surface area contributed by atoms with Crippen molar-refractivity contribution in [2.75, 3.05) is 51.2 Å². The van der Waals surface area contributed by atoms with E-state index in [4.69, 9.17) is 0 Å². The van der Waals surface area contributed by atoms with Crippen LogP contribution in [0.5, 0.6) is 0 Å². The minimum atomic E-state index is -0.794. The van der Waals surface area contributed by atoms with Crippen LogP contribution in [0.25, 0.3) is 0 Å². The minimum absolute atomic E-state index is 0.721. The number of anilines is 1. The molecule has 0 spiro atoms. The van der Waals surface area contributed by atoms with Crippen molar-refractivity contribution in [3.05, 3.63) is 29.8 Å². The van der Waals surface area contributed by atoms with Crippen molar-refractivity contribution in [3.63, 3.8) is 0 Å². The molecule has 1 aromatic carbocycles. The first-order chi connectivity index (χ1) is 9.16. The first-order valence-corrected chi connectivity index (χ1v) is 6.76. The Bertz CT molecular complexity index is 406. The van der Waals surface area contributed by atoms with Gasteiger partial charge in [-0.1, -0.05) is 0 Å². The van der Waals surface area contributed by atoms with Gasteiger partial charge in [-0.05, 0) is 25.1 Å². The maximum absolute atomic E-state index is 13.1. The molecule has 0 amide bonds. The average molecular weight is 269 g/mol. The second-order valence-electron chi connectivity index (χ2n) is 4.97. The van der Waals surface area contributed by atoms with Gasteiger partial charge in [0.15, 0.2) is 11.6 Å². The number of rotatable bonds is 5. The third-order valence-corrected chi connectivity index (χ3v) is 3.52. The Morgan fingerprint density at radius 1 is 1.21 bits per heavy atom. The SMILES string of the molecule is CN(CCCN1CCNCC1)c1ccc(F)c(F)c1. The molecular weight excluding hydrogens is 248 g/mol. The van der Waals surface area contributed by atoms with Crippen LogP contribution in [0.1, 0.15) is 6.42 Å². The Hall–Kier alpha value is -1.20. The molecule has 2 rings (SSSR count). The number of nitrogens with one attached hydrogen (secondary N) is 1. The number of benzene rings is 1. The zero-order valence-electron chi connectivity index (χ0n) is 11.3. The van der Waals surface area contributed by atoms with Crippen LogP contribution in [0, 0.1) is 11.6 Å². The lowest BCUT2D eigenvalue weighted by molar-refractivity contribution is 0.239. The van der Waals surface area contributed by atoms with Crippen molar-refractivity contribution in [1.29, 1.82) is 0 Å². The van der Waals surface area contributed by atoms with Crippen LogP contribution >= 0.6 is 0 Å². The molecule has 0 unspecified atom stereocenters. The summed E-state index contributed by atoms with van der Waals surface area (Å²) in [5, 5.41) is 3.32. The molecule has 0 atom stereocenters. The lowest BCUT2D eigenvalue weighted by Gasteiger charge is -2.28. The fraction of sp³-hybridized carbons (Fsp3) is 0.571. The maximum Gasteiger partial charge on any atom is 0.160 e. The summed E-state index contributed by atoms with van der Waals surface area (Å²) in [4.78, 5) is 4.39. The van der Waals surface area contributed by atoms with Crippen LogP contribution in [0.3, 0.4) is 0 Å². The summed E-state index contributed by atoms with van der Waals surface area (Å²) in [6.07, 6.45) is 1.02. The summed E-state index contributed by atoms with van der Waals surface area (Å²) in [6.45, 7) is 6.19. The molecule has 0 saturated carbocycles. The smallest absolute Gasteiger partial charge is 0.160 e. The molecular formula is C14H21F2N3. The molecule has 0 radical (unpaired) electrons. The second-order valence-corrected chi connectivity index (χ2v) is 4.97. The molecule has 3 nitrogen and oxygen atoms in total. The van der Waals surface area contributed by atoms with E-state index in [0.717, 1.165) is 51.4 Å². The number of piperazine rings is 1. The normalized spacial score (nSPS) is 16.6. The molecule has 0 bridgehead atoms. The zero-order chi connectivity index (χ0) is 13.7. The highest BCUT2D eigenvalue weighted by Gasteiger charge is 2.10. The molecule has 0 aromatic heterocycles. The van der Waals surface area contributed by atoms with Crippen LogP contribution in [0.4, 0.5) is 14.5 Å².